The molecule has 1 heterocycles. The molecule has 26 heavy (non-hydrogen) atoms. The van der Waals surface area contributed by atoms with Crippen molar-refractivity contribution in [3.63, 3.8) is 0 Å². The second-order valence-corrected chi connectivity index (χ2v) is 6.31. The first-order chi connectivity index (χ1) is 12.5. The summed E-state index contributed by atoms with van der Waals surface area (Å²) in [7, 11) is 3.13. The molecule has 0 radical (unpaired) electrons. The van der Waals surface area contributed by atoms with Gasteiger partial charge in [0.2, 0.25) is 0 Å². The Hall–Kier alpha value is -2.63. The highest BCUT2D eigenvalue weighted by Crippen LogP contribution is 2.31. The molecule has 0 bridgehead atoms. The van der Waals surface area contributed by atoms with E-state index in [0.29, 0.717) is 24.3 Å². The number of aliphatic carboxylic acids is 1. The first kappa shape index (κ1) is 19.7. The number of ether oxygens (including phenoxy) is 2. The van der Waals surface area contributed by atoms with E-state index >= 15 is 0 Å². The number of carboxylic acids is 1. The van der Waals surface area contributed by atoms with E-state index in [4.69, 9.17) is 14.6 Å². The average molecular weight is 359 g/mol. The predicted octanol–water partition coefficient (Wildman–Crippen LogP) is 3.23. The number of allylic oxidation sites excluding steroid dienone is 1. The van der Waals surface area contributed by atoms with Gasteiger partial charge in [0.15, 0.2) is 17.3 Å². The minimum atomic E-state index is -0.837. The Bertz CT molecular complexity index is 696. The van der Waals surface area contributed by atoms with Crippen LogP contribution in [0.3, 0.4) is 0 Å². The zero-order valence-corrected chi connectivity index (χ0v) is 15.2. The van der Waals surface area contributed by atoms with Crippen LogP contribution in [0.4, 0.5) is 0 Å². The molecular weight excluding hydrogens is 334 g/mol. The lowest BCUT2D eigenvalue weighted by Crippen LogP contribution is -2.34. The van der Waals surface area contributed by atoms with Crippen molar-refractivity contribution >= 4 is 18.0 Å². The molecule has 1 unspecified atom stereocenters. The summed E-state index contributed by atoms with van der Waals surface area (Å²) in [5.74, 6) is 0.442. The SMILES string of the molecule is COc1ccc(CC(=O)C2(CCCCCC(=O)O)C=CC=N2)cc1OC. The number of carbonyl (C=O) groups excluding carboxylic acids is 1. The number of methoxy groups -OCH3 is 2. The molecule has 140 valence electrons. The van der Waals surface area contributed by atoms with E-state index in [1.807, 2.05) is 12.1 Å². The Morgan fingerprint density at radius 3 is 2.50 bits per heavy atom. The van der Waals surface area contributed by atoms with Crippen molar-refractivity contribution in [2.45, 2.75) is 44.1 Å². The third-order valence-corrected chi connectivity index (χ3v) is 4.51. The Morgan fingerprint density at radius 1 is 1.12 bits per heavy atom. The summed E-state index contributed by atoms with van der Waals surface area (Å²) < 4.78 is 10.5. The Kier molecular flexibility index (Phi) is 6.95. The van der Waals surface area contributed by atoms with Crippen molar-refractivity contribution in [1.29, 1.82) is 0 Å². The summed E-state index contributed by atoms with van der Waals surface area (Å²) in [6.45, 7) is 0. The van der Waals surface area contributed by atoms with E-state index in [-0.39, 0.29) is 18.6 Å². The topological polar surface area (TPSA) is 85.2 Å². The van der Waals surface area contributed by atoms with Gasteiger partial charge in [0.25, 0.3) is 0 Å². The van der Waals surface area contributed by atoms with Gasteiger partial charge in [-0.25, -0.2) is 0 Å². The molecule has 1 aliphatic heterocycles. The number of unbranched alkanes of at least 4 members (excludes halogenated alkanes) is 2. The van der Waals surface area contributed by atoms with E-state index in [1.54, 1.807) is 38.6 Å². The molecule has 0 aliphatic carbocycles. The highest BCUT2D eigenvalue weighted by Gasteiger charge is 2.35. The molecule has 0 saturated carbocycles. The van der Waals surface area contributed by atoms with Gasteiger partial charge in [0, 0.05) is 19.1 Å². The maximum atomic E-state index is 12.9. The number of rotatable bonds is 11. The van der Waals surface area contributed by atoms with Crippen molar-refractivity contribution in [2.75, 3.05) is 14.2 Å². The van der Waals surface area contributed by atoms with Crippen LogP contribution in [0.15, 0.2) is 35.3 Å². The number of carboxylic acid groups (broad SMARTS) is 1. The number of hydrogen-bond acceptors (Lipinski definition) is 5. The van der Waals surface area contributed by atoms with Crippen molar-refractivity contribution in [2.24, 2.45) is 4.99 Å². The van der Waals surface area contributed by atoms with Gasteiger partial charge in [-0.05, 0) is 42.7 Å². The predicted molar refractivity (Wildman–Crippen MR) is 99.3 cm³/mol. The minimum absolute atomic E-state index is 0.0213. The summed E-state index contributed by atoms with van der Waals surface area (Å²) in [4.78, 5) is 27.9. The number of carbonyl (C=O) groups is 2. The second kappa shape index (κ2) is 9.17. The summed E-state index contributed by atoms with van der Waals surface area (Å²) >= 11 is 0. The molecule has 0 fully saturated rings. The molecule has 1 atom stereocenters. The standard InChI is InChI=1S/C20H25NO5/c1-25-16-9-8-15(13-17(16)26-2)14-18(22)20(11-6-12-21-20)10-5-3-4-7-19(23)24/h6,8-9,11-13H,3-5,7,10,14H2,1-2H3,(H,23,24). The van der Waals surface area contributed by atoms with Crippen molar-refractivity contribution < 1.29 is 24.2 Å². The number of aliphatic imine (C=N–C) groups is 1. The van der Waals surface area contributed by atoms with E-state index in [0.717, 1.165) is 18.4 Å². The molecule has 0 aromatic heterocycles. The summed E-state index contributed by atoms with van der Waals surface area (Å²) in [6, 6.07) is 5.44. The first-order valence-corrected chi connectivity index (χ1v) is 8.70. The Balaban J connectivity index is 2.01. The highest BCUT2D eigenvalue weighted by atomic mass is 16.5. The fourth-order valence-corrected chi connectivity index (χ4v) is 3.05. The number of benzene rings is 1. The molecule has 0 spiro atoms. The molecule has 2 rings (SSSR count). The van der Waals surface area contributed by atoms with Crippen LogP contribution in [-0.4, -0.2) is 42.8 Å². The Labute approximate surface area is 153 Å². The molecule has 1 aromatic rings. The molecule has 0 saturated heterocycles. The maximum Gasteiger partial charge on any atom is 0.303 e. The lowest BCUT2D eigenvalue weighted by atomic mass is 9.85. The maximum absolute atomic E-state index is 12.9. The Morgan fingerprint density at radius 2 is 1.88 bits per heavy atom. The van der Waals surface area contributed by atoms with E-state index in [1.165, 1.54) is 0 Å². The highest BCUT2D eigenvalue weighted by molar-refractivity contribution is 5.97. The van der Waals surface area contributed by atoms with Gasteiger partial charge in [-0.1, -0.05) is 18.9 Å². The second-order valence-electron chi connectivity index (χ2n) is 6.31. The van der Waals surface area contributed by atoms with E-state index < -0.39 is 11.5 Å². The fourth-order valence-electron chi connectivity index (χ4n) is 3.05. The molecular formula is C20H25NO5. The van der Waals surface area contributed by atoms with E-state index in [2.05, 4.69) is 4.99 Å². The van der Waals surface area contributed by atoms with Crippen LogP contribution in [0, 0.1) is 0 Å². The third-order valence-electron chi connectivity index (χ3n) is 4.51. The normalized spacial score (nSPS) is 18.1. The average Bonchev–Trinajstić information content (AvgIpc) is 3.11. The van der Waals surface area contributed by atoms with Gasteiger partial charge in [-0.3, -0.25) is 14.6 Å². The zero-order chi connectivity index (χ0) is 19.0. The lowest BCUT2D eigenvalue weighted by Gasteiger charge is -2.23. The summed E-state index contributed by atoms with van der Waals surface area (Å²) in [5, 5.41) is 8.70. The van der Waals surface area contributed by atoms with Crippen LogP contribution >= 0.6 is 0 Å². The molecule has 1 aromatic carbocycles. The van der Waals surface area contributed by atoms with Crippen molar-refractivity contribution in [1.82, 2.24) is 0 Å². The molecule has 6 heteroatoms. The quantitative estimate of drug-likeness (QED) is 0.613. The number of ketones is 1. The van der Waals surface area contributed by atoms with Gasteiger partial charge in [0.05, 0.1) is 14.2 Å². The molecule has 6 nitrogen and oxygen atoms in total. The van der Waals surface area contributed by atoms with Crippen LogP contribution in [-0.2, 0) is 16.0 Å². The van der Waals surface area contributed by atoms with Gasteiger partial charge in [-0.15, -0.1) is 0 Å². The van der Waals surface area contributed by atoms with Crippen molar-refractivity contribution in [3.8, 4) is 11.5 Å². The van der Waals surface area contributed by atoms with Gasteiger partial charge in [-0.2, -0.15) is 0 Å². The largest absolute Gasteiger partial charge is 0.493 e. The van der Waals surface area contributed by atoms with Crippen LogP contribution in [0.1, 0.15) is 37.7 Å². The first-order valence-electron chi connectivity index (χ1n) is 8.70. The van der Waals surface area contributed by atoms with Gasteiger partial charge in [0.1, 0.15) is 5.54 Å². The molecule has 1 aliphatic rings. The number of hydrogen-bond donors (Lipinski definition) is 1. The number of Topliss-reactive ketones (excluding diaryl/α,β-unsaturated/α-hetero) is 1. The van der Waals surface area contributed by atoms with Crippen LogP contribution < -0.4 is 9.47 Å². The fraction of sp³-hybridized carbons (Fsp3) is 0.450. The summed E-state index contributed by atoms with van der Waals surface area (Å²) in [6.07, 6.45) is 8.42. The van der Waals surface area contributed by atoms with Crippen molar-refractivity contribution in [3.05, 3.63) is 35.9 Å². The molecule has 1 N–H and O–H groups in total. The zero-order valence-electron chi connectivity index (χ0n) is 15.2. The monoisotopic (exact) mass is 359 g/mol. The van der Waals surface area contributed by atoms with Gasteiger partial charge >= 0.3 is 5.97 Å². The smallest absolute Gasteiger partial charge is 0.303 e. The third kappa shape index (κ3) is 4.94. The number of nitrogens with zero attached hydrogens (tertiary/aromatic N) is 1. The van der Waals surface area contributed by atoms with Crippen LogP contribution in [0.5, 0.6) is 11.5 Å². The van der Waals surface area contributed by atoms with Crippen LogP contribution in [0.25, 0.3) is 0 Å². The van der Waals surface area contributed by atoms with Crippen LogP contribution in [0.2, 0.25) is 0 Å². The van der Waals surface area contributed by atoms with E-state index in [9.17, 15) is 9.59 Å². The molecule has 0 amide bonds. The minimum Gasteiger partial charge on any atom is -0.493 e. The summed E-state index contributed by atoms with van der Waals surface area (Å²) in [5.41, 5.74) is 0.00419. The lowest BCUT2D eigenvalue weighted by molar-refractivity contribution is -0.137. The van der Waals surface area contributed by atoms with Gasteiger partial charge < -0.3 is 14.6 Å².